The van der Waals surface area contributed by atoms with Gasteiger partial charge in [0.2, 0.25) is 0 Å². The van der Waals surface area contributed by atoms with Crippen LogP contribution in [0.3, 0.4) is 0 Å². The van der Waals surface area contributed by atoms with E-state index >= 15 is 0 Å². The average molecular weight is 1850 g/mol. The fourth-order valence-electron chi connectivity index (χ4n) is 16.5. The number of carbonyl (C=O) groups is 8. The Kier molecular flexibility index (Phi) is 49.3. The molecule has 13 atom stereocenters. The van der Waals surface area contributed by atoms with E-state index in [1.165, 1.54) is 68.5 Å². The van der Waals surface area contributed by atoms with E-state index in [2.05, 4.69) is 82.6 Å². The Balaban J connectivity index is 0.00000129. The summed E-state index contributed by atoms with van der Waals surface area (Å²) in [6, 6.07) is -2.14. The predicted molar refractivity (Wildman–Crippen MR) is 431 cm³/mol. The zero-order valence-corrected chi connectivity index (χ0v) is 68.2. The second-order valence-corrected chi connectivity index (χ2v) is 27.5. The van der Waals surface area contributed by atoms with Crippen molar-refractivity contribution in [2.75, 3.05) is 140 Å². The van der Waals surface area contributed by atoms with Crippen LogP contribution in [0.1, 0.15) is 109 Å². The van der Waals surface area contributed by atoms with E-state index in [1.54, 1.807) is 54.4 Å². The van der Waals surface area contributed by atoms with Gasteiger partial charge in [-0.3, -0.25) is 40.7 Å². The third-order valence-electron chi connectivity index (χ3n) is 21.6. The van der Waals surface area contributed by atoms with Gasteiger partial charge in [0, 0.05) is 83.1 Å². The molecule has 0 aromatic carbocycles. The molecule has 6 bridgehead atoms. The van der Waals surface area contributed by atoms with Gasteiger partial charge in [-0.25, -0.2) is 24.0 Å². The number of aliphatic hydroxyl groups is 1. The Bertz CT molecular complexity index is 3110. The average Bonchev–Trinajstić information content (AvgIpc) is 1.37. The maximum Gasteiger partial charge on any atom is 2.00 e. The molecule has 7 aliphatic carbocycles. The second-order valence-electron chi connectivity index (χ2n) is 27.5. The van der Waals surface area contributed by atoms with Crippen molar-refractivity contribution in [3.05, 3.63) is 112 Å². The number of hydrogen-bond acceptors (Lipinski definition) is 24. The number of ketones is 2. The molecule has 2 saturated carbocycles. The Hall–Kier alpha value is -4.92. The van der Waals surface area contributed by atoms with Crippen molar-refractivity contribution in [1.82, 2.24) is 24.5 Å². The number of Topliss-reactive ketones (excluding diaryl/α,β-unsaturated/α-hetero) is 1. The number of piperidine rings is 4. The van der Waals surface area contributed by atoms with E-state index in [0.717, 1.165) is 38.9 Å². The smallest absolute Gasteiger partial charge is 2.00 e. The first-order chi connectivity index (χ1) is 51.3. The molecule has 0 aromatic rings. The predicted octanol–water partition coefficient (Wildman–Crippen LogP) is 8.38. The summed E-state index contributed by atoms with van der Waals surface area (Å²) in [7, 11) is 5.36. The molecule has 10 saturated heterocycles. The third-order valence-corrected chi connectivity index (χ3v) is 21.6. The molecule has 19 aliphatic rings. The minimum atomic E-state index is -1.05. The van der Waals surface area contributed by atoms with Crippen molar-refractivity contribution < 1.29 is 144 Å². The molecule has 5 spiro atoms. The molecule has 0 radical (unpaired) electrons. The van der Waals surface area contributed by atoms with Crippen LogP contribution in [0.25, 0.3) is 0 Å². The van der Waals surface area contributed by atoms with Crippen molar-refractivity contribution in [3.63, 3.8) is 0 Å². The zero-order valence-electron chi connectivity index (χ0n) is 62.1. The van der Waals surface area contributed by atoms with E-state index in [9.17, 15) is 43.5 Å². The molecule has 1 N–H and O–H groups in total. The topological polar surface area (TPSA) is 311 Å². The molecule has 12 heterocycles. The van der Waals surface area contributed by atoms with Gasteiger partial charge in [-0.2, -0.15) is 0 Å². The molecule has 12 aliphatic heterocycles. The van der Waals surface area contributed by atoms with Crippen LogP contribution in [0.4, 0.5) is 24.0 Å². The molecule has 3 unspecified atom stereocenters. The summed E-state index contributed by atoms with van der Waals surface area (Å²) in [6.07, 6.45) is 31.3. The molecule has 12 fully saturated rings. The number of fused-ring (bicyclic) bond motifs is 5. The zero-order chi connectivity index (χ0) is 76.8. The maximum atomic E-state index is 11.8. The van der Waals surface area contributed by atoms with Crippen LogP contribution in [0.2, 0.25) is 0 Å². The van der Waals surface area contributed by atoms with E-state index < -0.39 is 53.5 Å². The first kappa shape index (κ1) is 109. The van der Waals surface area contributed by atoms with Crippen molar-refractivity contribution >= 4 is 91.7 Å². The molecule has 5 amide bonds. The second kappa shape index (κ2) is 51.5. The summed E-state index contributed by atoms with van der Waals surface area (Å²) in [4.78, 5) is 98.8. The van der Waals surface area contributed by atoms with Crippen molar-refractivity contribution in [2.24, 2.45) is 47.3 Å². The number of aliphatic hydroxyl groups excluding tert-OH is 1. The number of likely N-dealkylation sites (tertiary alicyclic amines) is 3. The van der Waals surface area contributed by atoms with E-state index in [0.29, 0.717) is 147 Å². The van der Waals surface area contributed by atoms with Gasteiger partial charge in [0.15, 0.2) is 34.7 Å². The molecular formula is C81H128BrCuIMgN5O24. The number of amides is 5. The van der Waals surface area contributed by atoms with Crippen molar-refractivity contribution in [3.8, 4) is 0 Å². The molecule has 0 aromatic heterocycles. The Morgan fingerprint density at radius 2 is 0.939 bits per heavy atom. The van der Waals surface area contributed by atoms with Gasteiger partial charge < -0.3 is 105 Å². The van der Waals surface area contributed by atoms with Crippen molar-refractivity contribution in [2.45, 2.75) is 168 Å². The van der Waals surface area contributed by atoms with E-state index in [4.69, 9.17) is 71.1 Å². The van der Waals surface area contributed by atoms with Crippen LogP contribution in [0.15, 0.2) is 106 Å². The number of nitrogens with zero attached hydrogens (tertiary/aromatic N) is 5. The van der Waals surface area contributed by atoms with Crippen LogP contribution >= 0.6 is 20.3 Å². The Labute approximate surface area is 723 Å². The van der Waals surface area contributed by atoms with Crippen LogP contribution < -0.4 is 17.0 Å². The van der Waals surface area contributed by atoms with Gasteiger partial charge in [-0.15, -0.1) is 26.3 Å². The van der Waals surface area contributed by atoms with E-state index in [1.807, 2.05) is 12.2 Å². The number of rotatable bonds is 6. The first-order valence-electron chi connectivity index (χ1n) is 35.9. The summed E-state index contributed by atoms with van der Waals surface area (Å²) < 4.78 is 80.7. The van der Waals surface area contributed by atoms with Gasteiger partial charge in [0.25, 0.3) is 0 Å². The van der Waals surface area contributed by atoms with Crippen LogP contribution in [-0.4, -0.2) is 301 Å². The molecule has 114 heavy (non-hydrogen) atoms. The van der Waals surface area contributed by atoms with Crippen LogP contribution in [0.5, 0.6) is 0 Å². The standard InChI is InChI=1S/C13H19NO4.C12H19NO5.C12H17NO5.C11H15NO4.C10H14O2.C8H10O.C7H7NO3.C2H3.6CH4.BrH.Cu.HI.Mg/c1-4-10-8-13(17-6-7-18-13)11(5-2)14(9-10)12(15)16-3;2*1-3-9-6-12(17-4-5-18-12)10(8-14)13(7-9)11(15)16-2;1-14-10(13)12-7-8-2-3-9(12)11(6-8)15-4-5-16-11;1-3-9-4-2-8(1)7-10(9)11-5-6-12-10;9-8-5-6-1-3-7(8)4-2-6;9-6-2-1-3-8-5(6)4-11-7(8)10;1-2;;;;;;;;;;/h4-5,10-11H,1-2,6-9H2,3H3;3,9-10,14H,1,4-8H2,2H3;3,8-10H,1,4-7H2,2H3;2-3,8-9H,4-7H2,1H3;1,3,8-9H,2,4-7H2;1,3,6-7H,2,4-5H2;1-2,5H,3-4H2;1H,2H2;6*1H4;1H;;1H;/q;;;;;;;-1;;;;;;;;+1;;+2/p-2/t10-,11+;2*9-,10+;2*8-,9?;6-,7?;5-;;;;;;;;;;;/m0000111.........../s1. The molecule has 33 heteroatoms. The van der Waals surface area contributed by atoms with Crippen LogP contribution in [0, 0.1) is 53.9 Å². The maximum absolute atomic E-state index is 11.8. The first-order valence-corrected chi connectivity index (χ1v) is 38.9. The summed E-state index contributed by atoms with van der Waals surface area (Å²) in [5, 5.41) is 9.56. The summed E-state index contributed by atoms with van der Waals surface area (Å²) in [5.41, 5.74) is 0. The molecule has 29 nitrogen and oxygen atoms in total. The number of ether oxygens (including phenoxy) is 15. The number of hydrogen-bond donors (Lipinski definition) is 1. The van der Waals surface area contributed by atoms with Gasteiger partial charge in [-0.05, 0) is 67.3 Å². The fraction of sp³-hybridized carbons (Fsp3) is 0.679. The molecule has 19 rings (SSSR count). The summed E-state index contributed by atoms with van der Waals surface area (Å²) in [6.45, 7) is 30.2. The quantitative estimate of drug-likeness (QED) is 0.0651. The van der Waals surface area contributed by atoms with Gasteiger partial charge in [0.1, 0.15) is 48.9 Å². The third kappa shape index (κ3) is 25.1. The van der Waals surface area contributed by atoms with E-state index in [-0.39, 0.29) is 157 Å². The SMILES string of the molecule is C.C.C.C.C.C.C1=C[C@@H]2CCC1C1(C2)OCCO1.C=C[C@@H]1CN(C(=O)OC)[C@H](C=C)C2(C1)OCCO2.C=C[C@@H]1CN(C(=O)OC)[C@H](C=O)C2(C1)OCCO2.C=C[C@@H]1CN(C(=O)OC)[C@H](CO)C2(C1)OCCO2.COC(=O)N1C[C@H]2C=CC1C1(C2)OCCO1.O=C1C=CCN2C(=O)OC[C@H]12.O=C1C[C@@H]2C=CC1CC2.[Br-].[CH-]=C.[Cu][I].[Mg+2]. The van der Waals surface area contributed by atoms with Gasteiger partial charge >= 0.3 is 86.6 Å². The number of allylic oxidation sites excluding steroid dienone is 3. The van der Waals surface area contributed by atoms with Gasteiger partial charge in [0.05, 0.1) is 101 Å². The Morgan fingerprint density at radius 1 is 0.526 bits per heavy atom. The Morgan fingerprint density at radius 3 is 1.32 bits per heavy atom. The minimum absolute atomic E-state index is 0. The van der Waals surface area contributed by atoms with Crippen molar-refractivity contribution in [1.29, 1.82) is 0 Å². The summed E-state index contributed by atoms with van der Waals surface area (Å²) in [5.74, 6) is -0.514. The fourth-order valence-corrected chi connectivity index (χ4v) is 16.5. The monoisotopic (exact) mass is 1850 g/mol. The number of cyclic esters (lactones) is 1. The molecular weight excluding hydrogens is 1720 g/mol. The minimum Gasteiger partial charge on any atom is 2.00 e. The number of methoxy groups -OCH3 is 4. The van der Waals surface area contributed by atoms with Crippen LogP contribution in [-0.2, 0) is 98.2 Å². The molecule has 648 valence electrons. The number of carbonyl (C=O) groups excluding carboxylic acids is 8. The normalized spacial score (nSPS) is 29.7. The largest absolute Gasteiger partial charge is 2.00 e. The summed E-state index contributed by atoms with van der Waals surface area (Å²) >= 11 is 5.87. The van der Waals surface area contributed by atoms with Gasteiger partial charge in [-0.1, -0.05) is 111 Å². The number of halogens is 2. The number of aldehydes is 1.